The largest absolute Gasteiger partial charge is 0.441 e. The van der Waals surface area contributed by atoms with Gasteiger partial charge < -0.3 is 15.1 Å². The Labute approximate surface area is 186 Å². The van der Waals surface area contributed by atoms with Crippen molar-refractivity contribution in [1.29, 1.82) is 0 Å². The van der Waals surface area contributed by atoms with Gasteiger partial charge in [-0.05, 0) is 43.5 Å². The maximum atomic E-state index is 12.3. The average Bonchev–Trinajstić information content (AvgIpc) is 3.26. The van der Waals surface area contributed by atoms with Crippen molar-refractivity contribution in [3.05, 3.63) is 65.5 Å². The van der Waals surface area contributed by atoms with Crippen LogP contribution in [0.4, 0.5) is 4.79 Å². The van der Waals surface area contributed by atoms with Crippen molar-refractivity contribution in [2.45, 2.75) is 51.7 Å². The molecule has 1 saturated heterocycles. The third kappa shape index (κ3) is 4.80. The molecule has 1 fully saturated rings. The Bertz CT molecular complexity index is 1120. The Morgan fingerprint density at radius 1 is 1.09 bits per heavy atom. The number of carbonyl (C=O) groups excluding carboxylic acids is 3. The SMILES string of the molecule is CC1(C)NC(=O)N(Cc2ccc(CNC(=O)CCCc3nc4ccccc4o3)cc2)C1=O. The molecule has 4 amide bonds. The molecule has 1 aliphatic rings. The topological polar surface area (TPSA) is 105 Å². The number of urea groups is 1. The van der Waals surface area contributed by atoms with Crippen LogP contribution in [0.3, 0.4) is 0 Å². The molecule has 0 radical (unpaired) electrons. The lowest BCUT2D eigenvalue weighted by Crippen LogP contribution is -2.40. The predicted octanol–water partition coefficient (Wildman–Crippen LogP) is 3.30. The highest BCUT2D eigenvalue weighted by molar-refractivity contribution is 6.06. The van der Waals surface area contributed by atoms with Crippen LogP contribution in [0.1, 0.15) is 43.7 Å². The maximum Gasteiger partial charge on any atom is 0.325 e. The van der Waals surface area contributed by atoms with E-state index in [1.807, 2.05) is 48.5 Å². The molecule has 2 heterocycles. The number of rotatable bonds is 8. The van der Waals surface area contributed by atoms with Crippen LogP contribution in [0.25, 0.3) is 11.1 Å². The molecule has 8 heteroatoms. The number of hydrogen-bond acceptors (Lipinski definition) is 5. The zero-order valence-corrected chi connectivity index (χ0v) is 18.2. The van der Waals surface area contributed by atoms with Gasteiger partial charge in [-0.2, -0.15) is 0 Å². The summed E-state index contributed by atoms with van der Waals surface area (Å²) in [6.07, 6.45) is 1.65. The summed E-state index contributed by atoms with van der Waals surface area (Å²) in [7, 11) is 0. The van der Waals surface area contributed by atoms with Crippen LogP contribution in [0.15, 0.2) is 52.9 Å². The van der Waals surface area contributed by atoms with Gasteiger partial charge in [-0.25, -0.2) is 9.78 Å². The van der Waals surface area contributed by atoms with Gasteiger partial charge in [0.2, 0.25) is 5.91 Å². The van der Waals surface area contributed by atoms with Crippen molar-refractivity contribution in [1.82, 2.24) is 20.5 Å². The highest BCUT2D eigenvalue weighted by atomic mass is 16.3. The first-order valence-electron chi connectivity index (χ1n) is 10.6. The normalized spacial score (nSPS) is 15.2. The monoisotopic (exact) mass is 434 g/mol. The smallest absolute Gasteiger partial charge is 0.325 e. The number of amides is 4. The molecule has 0 unspecified atom stereocenters. The quantitative estimate of drug-likeness (QED) is 0.530. The van der Waals surface area contributed by atoms with E-state index in [4.69, 9.17) is 4.42 Å². The maximum absolute atomic E-state index is 12.3. The number of para-hydroxylation sites is 2. The van der Waals surface area contributed by atoms with E-state index < -0.39 is 5.54 Å². The van der Waals surface area contributed by atoms with Crippen LogP contribution < -0.4 is 10.6 Å². The Morgan fingerprint density at radius 3 is 2.50 bits per heavy atom. The van der Waals surface area contributed by atoms with Gasteiger partial charge >= 0.3 is 6.03 Å². The van der Waals surface area contributed by atoms with Crippen molar-refractivity contribution >= 4 is 28.9 Å². The Morgan fingerprint density at radius 2 is 1.81 bits per heavy atom. The van der Waals surface area contributed by atoms with Gasteiger partial charge in [-0.15, -0.1) is 0 Å². The van der Waals surface area contributed by atoms with E-state index in [2.05, 4.69) is 15.6 Å². The van der Waals surface area contributed by atoms with Gasteiger partial charge in [-0.1, -0.05) is 36.4 Å². The number of carbonyl (C=O) groups is 3. The molecule has 1 aromatic heterocycles. The van der Waals surface area contributed by atoms with E-state index in [0.717, 1.165) is 22.2 Å². The van der Waals surface area contributed by atoms with E-state index in [1.165, 1.54) is 4.90 Å². The second-order valence-electron chi connectivity index (χ2n) is 8.47. The fourth-order valence-corrected chi connectivity index (χ4v) is 3.62. The molecular weight excluding hydrogens is 408 g/mol. The summed E-state index contributed by atoms with van der Waals surface area (Å²) in [6.45, 7) is 4.01. The second kappa shape index (κ2) is 8.82. The predicted molar refractivity (Wildman–Crippen MR) is 118 cm³/mol. The van der Waals surface area contributed by atoms with Crippen LogP contribution in [-0.2, 0) is 29.1 Å². The number of nitrogens with zero attached hydrogens (tertiary/aromatic N) is 2. The summed E-state index contributed by atoms with van der Waals surface area (Å²) in [6, 6.07) is 14.7. The highest BCUT2D eigenvalue weighted by Crippen LogP contribution is 2.19. The van der Waals surface area contributed by atoms with Crippen molar-refractivity contribution in [2.24, 2.45) is 0 Å². The summed E-state index contributed by atoms with van der Waals surface area (Å²) in [5.74, 6) is 0.367. The summed E-state index contributed by atoms with van der Waals surface area (Å²) in [5.41, 5.74) is 2.50. The Kier molecular flexibility index (Phi) is 5.94. The van der Waals surface area contributed by atoms with Gasteiger partial charge in [0.25, 0.3) is 5.91 Å². The van der Waals surface area contributed by atoms with Gasteiger partial charge in [0.15, 0.2) is 11.5 Å². The molecule has 1 aliphatic heterocycles. The van der Waals surface area contributed by atoms with Crippen LogP contribution in [0, 0.1) is 0 Å². The lowest BCUT2D eigenvalue weighted by molar-refractivity contribution is -0.130. The molecule has 4 rings (SSSR count). The minimum absolute atomic E-state index is 0.0354. The molecule has 0 saturated carbocycles. The summed E-state index contributed by atoms with van der Waals surface area (Å²) in [4.78, 5) is 42.1. The summed E-state index contributed by atoms with van der Waals surface area (Å²) < 4.78 is 5.67. The molecule has 0 atom stereocenters. The molecule has 0 bridgehead atoms. The fraction of sp³-hybridized carbons (Fsp3) is 0.333. The van der Waals surface area contributed by atoms with E-state index in [-0.39, 0.29) is 24.4 Å². The molecule has 166 valence electrons. The van der Waals surface area contributed by atoms with E-state index >= 15 is 0 Å². The number of benzene rings is 2. The van der Waals surface area contributed by atoms with Crippen LogP contribution in [0.2, 0.25) is 0 Å². The van der Waals surface area contributed by atoms with Gasteiger partial charge in [0.1, 0.15) is 11.1 Å². The van der Waals surface area contributed by atoms with Gasteiger partial charge in [0.05, 0.1) is 6.54 Å². The number of imide groups is 1. The lowest BCUT2D eigenvalue weighted by Gasteiger charge is -2.16. The number of aryl methyl sites for hydroxylation is 1. The average molecular weight is 434 g/mol. The van der Waals surface area contributed by atoms with Crippen LogP contribution >= 0.6 is 0 Å². The zero-order valence-electron chi connectivity index (χ0n) is 18.2. The molecule has 3 aromatic rings. The van der Waals surface area contributed by atoms with Crippen LogP contribution in [-0.4, -0.2) is 33.3 Å². The van der Waals surface area contributed by atoms with Gasteiger partial charge in [-0.3, -0.25) is 14.5 Å². The minimum Gasteiger partial charge on any atom is -0.441 e. The number of fused-ring (bicyclic) bond motifs is 1. The van der Waals surface area contributed by atoms with Crippen molar-refractivity contribution < 1.29 is 18.8 Å². The first-order valence-corrected chi connectivity index (χ1v) is 10.6. The first-order chi connectivity index (χ1) is 15.3. The molecule has 2 N–H and O–H groups in total. The summed E-state index contributed by atoms with van der Waals surface area (Å²) >= 11 is 0. The highest BCUT2D eigenvalue weighted by Gasteiger charge is 2.43. The Balaban J connectivity index is 1.21. The second-order valence-corrected chi connectivity index (χ2v) is 8.47. The van der Waals surface area contributed by atoms with Crippen molar-refractivity contribution in [3.8, 4) is 0 Å². The number of hydrogen-bond donors (Lipinski definition) is 2. The van der Waals surface area contributed by atoms with Crippen molar-refractivity contribution in [2.75, 3.05) is 0 Å². The number of oxazole rings is 1. The molecule has 0 aliphatic carbocycles. The Hall–Kier alpha value is -3.68. The molecule has 2 aromatic carbocycles. The van der Waals surface area contributed by atoms with E-state index in [1.54, 1.807) is 13.8 Å². The van der Waals surface area contributed by atoms with E-state index in [0.29, 0.717) is 31.7 Å². The fourth-order valence-electron chi connectivity index (χ4n) is 3.62. The van der Waals surface area contributed by atoms with Crippen molar-refractivity contribution in [3.63, 3.8) is 0 Å². The van der Waals surface area contributed by atoms with E-state index in [9.17, 15) is 14.4 Å². The first kappa shape index (κ1) is 21.5. The van der Waals surface area contributed by atoms with Gasteiger partial charge in [0, 0.05) is 19.4 Å². The zero-order chi connectivity index (χ0) is 22.7. The standard InChI is InChI=1S/C24H26N4O4/c1-24(2)22(30)28(23(31)27-24)15-17-12-10-16(11-13-17)14-25-20(29)8-5-9-21-26-18-6-3-4-7-19(18)32-21/h3-4,6-7,10-13H,5,8-9,14-15H2,1-2H3,(H,25,29)(H,27,31). The lowest BCUT2D eigenvalue weighted by atomic mass is 10.1. The summed E-state index contributed by atoms with van der Waals surface area (Å²) in [5, 5.41) is 5.58. The number of nitrogens with one attached hydrogen (secondary N) is 2. The third-order valence-corrected chi connectivity index (χ3v) is 5.43. The number of aromatic nitrogens is 1. The molecular formula is C24H26N4O4. The molecule has 8 nitrogen and oxygen atoms in total. The minimum atomic E-state index is -0.873. The third-order valence-electron chi connectivity index (χ3n) is 5.43. The van der Waals surface area contributed by atoms with Crippen LogP contribution in [0.5, 0.6) is 0 Å². The molecule has 0 spiro atoms. The molecule has 32 heavy (non-hydrogen) atoms.